The van der Waals surface area contributed by atoms with Crippen LogP contribution in [0.1, 0.15) is 12.1 Å². The quantitative estimate of drug-likeness (QED) is 0.484. The highest BCUT2D eigenvalue weighted by Gasteiger charge is 2.12. The van der Waals surface area contributed by atoms with Crippen LogP contribution < -0.4 is 5.56 Å². The third-order valence-corrected chi connectivity index (χ3v) is 3.99. The lowest BCUT2D eigenvalue weighted by molar-refractivity contribution is -0.145. The number of ether oxygens (including phenoxy) is 1. The van der Waals surface area contributed by atoms with E-state index in [0.29, 0.717) is 28.1 Å². The number of carbonyl (C=O) groups excluding carboxylic acids is 1. The van der Waals surface area contributed by atoms with E-state index in [1.54, 1.807) is 36.4 Å². The number of rotatable bonds is 6. The standard InChI is InChI=1S/C19H15N3O5/c23-18(26-11-13-10-17(27-21-13)16-6-3-9-25-16)7-8-22-12-20-15-5-2-1-4-14(15)19(22)24/h1-6,9-10,12H,7-8,11H2. The van der Waals surface area contributed by atoms with Crippen molar-refractivity contribution in [1.29, 1.82) is 0 Å². The predicted octanol–water partition coefficient (Wildman–Crippen LogP) is 2.78. The van der Waals surface area contributed by atoms with E-state index in [1.807, 2.05) is 6.07 Å². The minimum absolute atomic E-state index is 0.0199. The molecule has 27 heavy (non-hydrogen) atoms. The smallest absolute Gasteiger partial charge is 0.307 e. The lowest BCUT2D eigenvalue weighted by Gasteiger charge is -2.06. The van der Waals surface area contributed by atoms with E-state index < -0.39 is 5.97 Å². The van der Waals surface area contributed by atoms with Gasteiger partial charge in [-0.05, 0) is 24.3 Å². The largest absolute Gasteiger partial charge is 0.461 e. The first-order valence-electron chi connectivity index (χ1n) is 8.30. The van der Waals surface area contributed by atoms with Crippen LogP contribution in [-0.4, -0.2) is 20.7 Å². The maximum absolute atomic E-state index is 12.4. The number of fused-ring (bicyclic) bond motifs is 1. The number of esters is 1. The normalized spacial score (nSPS) is 11.0. The summed E-state index contributed by atoms with van der Waals surface area (Å²) in [5, 5.41) is 4.35. The molecule has 0 aliphatic heterocycles. The van der Waals surface area contributed by atoms with E-state index in [9.17, 15) is 9.59 Å². The van der Waals surface area contributed by atoms with Gasteiger partial charge >= 0.3 is 5.97 Å². The van der Waals surface area contributed by atoms with Gasteiger partial charge in [-0.2, -0.15) is 0 Å². The summed E-state index contributed by atoms with van der Waals surface area (Å²) in [5.41, 5.74) is 0.909. The van der Waals surface area contributed by atoms with Crippen molar-refractivity contribution in [2.24, 2.45) is 0 Å². The number of benzene rings is 1. The Bertz CT molecular complexity index is 1130. The van der Waals surface area contributed by atoms with Gasteiger partial charge in [-0.15, -0.1) is 0 Å². The summed E-state index contributed by atoms with van der Waals surface area (Å²) in [6.45, 7) is 0.167. The van der Waals surface area contributed by atoms with E-state index in [0.717, 1.165) is 0 Å². The molecule has 0 saturated heterocycles. The van der Waals surface area contributed by atoms with Gasteiger partial charge in [0.1, 0.15) is 12.3 Å². The van der Waals surface area contributed by atoms with Gasteiger partial charge in [-0.3, -0.25) is 14.2 Å². The Morgan fingerprint density at radius 2 is 2.04 bits per heavy atom. The monoisotopic (exact) mass is 365 g/mol. The number of para-hydroxylation sites is 1. The van der Waals surface area contributed by atoms with Crippen LogP contribution in [0, 0.1) is 0 Å². The molecule has 3 heterocycles. The number of furan rings is 1. The Morgan fingerprint density at radius 1 is 1.15 bits per heavy atom. The van der Waals surface area contributed by atoms with Crippen LogP contribution in [0.15, 0.2) is 68.8 Å². The minimum atomic E-state index is -0.447. The molecule has 0 amide bonds. The van der Waals surface area contributed by atoms with E-state index >= 15 is 0 Å². The zero-order valence-corrected chi connectivity index (χ0v) is 14.2. The SMILES string of the molecule is O=C(CCn1cnc2ccccc2c1=O)OCc1cc(-c2ccco2)on1. The lowest BCUT2D eigenvalue weighted by atomic mass is 10.2. The zero-order chi connectivity index (χ0) is 18.6. The average molecular weight is 365 g/mol. The predicted molar refractivity (Wildman–Crippen MR) is 94.6 cm³/mol. The Labute approximate surface area is 153 Å². The summed E-state index contributed by atoms with van der Waals surface area (Å²) < 4.78 is 16.9. The number of hydrogen-bond acceptors (Lipinski definition) is 7. The molecule has 0 fully saturated rings. The Kier molecular flexibility index (Phi) is 4.52. The fourth-order valence-electron chi connectivity index (χ4n) is 2.62. The average Bonchev–Trinajstić information content (AvgIpc) is 3.37. The molecule has 0 radical (unpaired) electrons. The number of aryl methyl sites for hydroxylation is 1. The maximum Gasteiger partial charge on any atom is 0.307 e. The summed E-state index contributed by atoms with van der Waals surface area (Å²) in [7, 11) is 0. The molecule has 8 heteroatoms. The molecule has 0 spiro atoms. The Balaban J connectivity index is 1.34. The molecule has 0 saturated carbocycles. The molecule has 0 aliphatic carbocycles. The van der Waals surface area contributed by atoms with Crippen molar-refractivity contribution >= 4 is 16.9 Å². The van der Waals surface area contributed by atoms with Gasteiger partial charge in [0.15, 0.2) is 5.76 Å². The fourth-order valence-corrected chi connectivity index (χ4v) is 2.62. The van der Waals surface area contributed by atoms with Gasteiger partial charge < -0.3 is 13.7 Å². The third-order valence-electron chi connectivity index (χ3n) is 3.99. The Morgan fingerprint density at radius 3 is 2.89 bits per heavy atom. The van der Waals surface area contributed by atoms with Crippen LogP contribution >= 0.6 is 0 Å². The maximum atomic E-state index is 12.4. The fraction of sp³-hybridized carbons (Fsp3) is 0.158. The van der Waals surface area contributed by atoms with Gasteiger partial charge in [0, 0.05) is 12.6 Å². The number of aromatic nitrogens is 3. The molecule has 0 atom stereocenters. The molecule has 8 nitrogen and oxygen atoms in total. The van der Waals surface area contributed by atoms with Gasteiger partial charge in [0.25, 0.3) is 5.56 Å². The first-order chi connectivity index (χ1) is 13.2. The van der Waals surface area contributed by atoms with Crippen molar-refractivity contribution in [2.45, 2.75) is 19.6 Å². The first-order valence-corrected chi connectivity index (χ1v) is 8.30. The molecule has 3 aromatic heterocycles. The molecule has 4 rings (SSSR count). The molecule has 0 aliphatic rings. The molecule has 1 aromatic carbocycles. The van der Waals surface area contributed by atoms with Crippen LogP contribution in [0.5, 0.6) is 0 Å². The first kappa shape index (κ1) is 16.8. The van der Waals surface area contributed by atoms with Crippen LogP contribution in [0.2, 0.25) is 0 Å². The molecule has 4 aromatic rings. The van der Waals surface area contributed by atoms with Crippen molar-refractivity contribution < 1.29 is 18.5 Å². The van der Waals surface area contributed by atoms with Gasteiger partial charge in [0.05, 0.1) is 29.9 Å². The van der Waals surface area contributed by atoms with Crippen LogP contribution in [0.25, 0.3) is 22.4 Å². The van der Waals surface area contributed by atoms with E-state index in [4.69, 9.17) is 13.7 Å². The second-order valence-electron chi connectivity index (χ2n) is 5.83. The third kappa shape index (κ3) is 3.64. The number of nitrogens with zero attached hydrogens (tertiary/aromatic N) is 3. The van der Waals surface area contributed by atoms with Crippen LogP contribution in [0.3, 0.4) is 0 Å². The summed E-state index contributed by atoms with van der Waals surface area (Å²) >= 11 is 0. The van der Waals surface area contributed by atoms with Crippen molar-refractivity contribution in [2.75, 3.05) is 0 Å². The summed E-state index contributed by atoms with van der Waals surface area (Å²) in [4.78, 5) is 28.6. The number of hydrogen-bond donors (Lipinski definition) is 0. The van der Waals surface area contributed by atoms with Gasteiger partial charge in [-0.25, -0.2) is 4.98 Å². The van der Waals surface area contributed by atoms with E-state index in [2.05, 4.69) is 10.1 Å². The highest BCUT2D eigenvalue weighted by Crippen LogP contribution is 2.20. The summed E-state index contributed by atoms with van der Waals surface area (Å²) in [5.74, 6) is 0.556. The Hall–Kier alpha value is -3.68. The highest BCUT2D eigenvalue weighted by atomic mass is 16.5. The molecule has 0 N–H and O–H groups in total. The lowest BCUT2D eigenvalue weighted by Crippen LogP contribution is -2.22. The highest BCUT2D eigenvalue weighted by molar-refractivity contribution is 5.77. The topological polar surface area (TPSA) is 100 Å². The molecule has 0 bridgehead atoms. The zero-order valence-electron chi connectivity index (χ0n) is 14.2. The molecule has 136 valence electrons. The number of carbonyl (C=O) groups is 1. The minimum Gasteiger partial charge on any atom is -0.461 e. The van der Waals surface area contributed by atoms with Crippen molar-refractivity contribution in [3.63, 3.8) is 0 Å². The van der Waals surface area contributed by atoms with E-state index in [1.165, 1.54) is 17.2 Å². The molecular weight excluding hydrogens is 350 g/mol. The second kappa shape index (κ2) is 7.28. The van der Waals surface area contributed by atoms with Crippen LogP contribution in [-0.2, 0) is 22.7 Å². The van der Waals surface area contributed by atoms with E-state index in [-0.39, 0.29) is 25.1 Å². The molecule has 0 unspecified atom stereocenters. The summed E-state index contributed by atoms with van der Waals surface area (Å²) in [6.07, 6.45) is 3.01. The summed E-state index contributed by atoms with van der Waals surface area (Å²) in [6, 6.07) is 12.2. The van der Waals surface area contributed by atoms with Crippen molar-refractivity contribution in [1.82, 2.24) is 14.7 Å². The van der Waals surface area contributed by atoms with Gasteiger partial charge in [-0.1, -0.05) is 17.3 Å². The van der Waals surface area contributed by atoms with Crippen molar-refractivity contribution in [3.05, 3.63) is 71.1 Å². The van der Waals surface area contributed by atoms with Crippen molar-refractivity contribution in [3.8, 4) is 11.5 Å². The second-order valence-corrected chi connectivity index (χ2v) is 5.83. The van der Waals surface area contributed by atoms with Gasteiger partial charge in [0.2, 0.25) is 5.76 Å². The molecular formula is C19H15N3O5. The van der Waals surface area contributed by atoms with Crippen LogP contribution in [0.4, 0.5) is 0 Å².